The van der Waals surface area contributed by atoms with Gasteiger partial charge in [-0.2, -0.15) is 0 Å². The number of amides is 1. The van der Waals surface area contributed by atoms with Crippen LogP contribution in [-0.2, 0) is 6.54 Å². The van der Waals surface area contributed by atoms with Gasteiger partial charge in [0.1, 0.15) is 5.82 Å². The van der Waals surface area contributed by atoms with Crippen LogP contribution in [0.5, 0.6) is 0 Å². The maximum absolute atomic E-state index is 12.5. The number of hydrogen-bond acceptors (Lipinski definition) is 2. The molecule has 4 rings (SSSR count). The van der Waals surface area contributed by atoms with E-state index >= 15 is 0 Å². The largest absolute Gasteiger partial charge is 0.342 e. The number of hydrogen-bond donors (Lipinski definition) is 1. The van der Waals surface area contributed by atoms with Gasteiger partial charge in [-0.05, 0) is 31.0 Å². The van der Waals surface area contributed by atoms with Gasteiger partial charge in [0.25, 0.3) is 5.91 Å². The van der Waals surface area contributed by atoms with E-state index in [-0.39, 0.29) is 11.9 Å². The smallest absolute Gasteiger partial charge is 0.253 e. The van der Waals surface area contributed by atoms with Crippen molar-refractivity contribution in [2.24, 2.45) is 0 Å². The normalized spacial score (nSPS) is 17.1. The lowest BCUT2D eigenvalue weighted by molar-refractivity contribution is 0.0936. The molecule has 5 heteroatoms. The Bertz CT molecular complexity index is 830. The van der Waals surface area contributed by atoms with Crippen LogP contribution in [-0.4, -0.2) is 19.9 Å². The van der Waals surface area contributed by atoms with Crippen molar-refractivity contribution < 1.29 is 4.79 Å². The molecule has 5 nitrogen and oxygen atoms in total. The summed E-state index contributed by atoms with van der Waals surface area (Å²) in [5.74, 6) is 0.905. The van der Waals surface area contributed by atoms with Gasteiger partial charge < -0.3 is 14.3 Å². The summed E-state index contributed by atoms with van der Waals surface area (Å²) >= 11 is 0. The molecule has 1 aliphatic rings. The number of nitrogens with one attached hydrogen (secondary N) is 1. The lowest BCUT2D eigenvalue weighted by atomic mass is 10.2. The Balaban J connectivity index is 1.61. The number of nitrogens with zero attached hydrogens (tertiary/aromatic N) is 3. The monoisotopic (exact) mass is 280 g/mol. The summed E-state index contributed by atoms with van der Waals surface area (Å²) in [5, 5.41) is 3.08. The third kappa shape index (κ3) is 1.93. The van der Waals surface area contributed by atoms with E-state index in [1.54, 1.807) is 6.20 Å². The Kier molecular flexibility index (Phi) is 2.60. The second kappa shape index (κ2) is 4.48. The Hall–Kier alpha value is -2.56. The van der Waals surface area contributed by atoms with E-state index < -0.39 is 0 Å². The van der Waals surface area contributed by atoms with Crippen molar-refractivity contribution >= 4 is 11.4 Å². The number of carbonyl (C=O) groups excluding carboxylic acids is 1. The highest BCUT2D eigenvalue weighted by Gasteiger charge is 2.25. The minimum absolute atomic E-state index is 0.0107. The highest BCUT2D eigenvalue weighted by Crippen LogP contribution is 2.24. The van der Waals surface area contributed by atoms with Crippen LogP contribution in [0.2, 0.25) is 0 Å². The number of pyridine rings is 1. The zero-order chi connectivity index (χ0) is 14.4. The lowest BCUT2D eigenvalue weighted by Gasteiger charge is -2.10. The average molecular weight is 280 g/mol. The third-order valence-corrected chi connectivity index (χ3v) is 4.13. The van der Waals surface area contributed by atoms with Crippen molar-refractivity contribution in [3.05, 3.63) is 59.9 Å². The molecule has 0 aliphatic carbocycles. The molecule has 0 saturated carbocycles. The summed E-state index contributed by atoms with van der Waals surface area (Å²) in [5.41, 5.74) is 2.91. The fourth-order valence-electron chi connectivity index (χ4n) is 3.00. The summed E-state index contributed by atoms with van der Waals surface area (Å²) in [6.45, 7) is 2.96. The molecule has 1 atom stereocenters. The van der Waals surface area contributed by atoms with Gasteiger partial charge in [0.05, 0.1) is 11.6 Å². The van der Waals surface area contributed by atoms with E-state index in [1.165, 1.54) is 0 Å². The Morgan fingerprint density at radius 3 is 3.19 bits per heavy atom. The molecule has 0 bridgehead atoms. The Labute approximate surface area is 122 Å². The van der Waals surface area contributed by atoms with Crippen molar-refractivity contribution in [3.63, 3.8) is 0 Å². The van der Waals surface area contributed by atoms with Crippen LogP contribution < -0.4 is 5.32 Å². The molecule has 1 aliphatic heterocycles. The minimum Gasteiger partial charge on any atom is -0.342 e. The van der Waals surface area contributed by atoms with Gasteiger partial charge in [0.15, 0.2) is 0 Å². The third-order valence-electron chi connectivity index (χ3n) is 4.13. The minimum atomic E-state index is -0.0421. The summed E-state index contributed by atoms with van der Waals surface area (Å²) in [6, 6.07) is 5.98. The molecule has 0 fully saturated rings. The van der Waals surface area contributed by atoms with Crippen molar-refractivity contribution in [2.75, 3.05) is 0 Å². The first kappa shape index (κ1) is 12.2. The van der Waals surface area contributed by atoms with Crippen molar-refractivity contribution in [3.8, 4) is 0 Å². The summed E-state index contributed by atoms with van der Waals surface area (Å²) < 4.78 is 4.07. The molecule has 1 unspecified atom stereocenters. The second-order valence-corrected chi connectivity index (χ2v) is 5.51. The Morgan fingerprint density at radius 1 is 1.43 bits per heavy atom. The molecule has 106 valence electrons. The molecule has 0 aromatic carbocycles. The Morgan fingerprint density at radius 2 is 2.33 bits per heavy atom. The van der Waals surface area contributed by atoms with Crippen LogP contribution >= 0.6 is 0 Å². The molecule has 21 heavy (non-hydrogen) atoms. The van der Waals surface area contributed by atoms with Crippen LogP contribution in [0.1, 0.15) is 34.2 Å². The van der Waals surface area contributed by atoms with Crippen LogP contribution in [0, 0.1) is 6.92 Å². The van der Waals surface area contributed by atoms with E-state index in [1.807, 2.05) is 48.1 Å². The number of carbonyl (C=O) groups is 1. The van der Waals surface area contributed by atoms with Gasteiger partial charge >= 0.3 is 0 Å². The number of aryl methyl sites for hydroxylation is 2. The molecular formula is C16H16N4O. The highest BCUT2D eigenvalue weighted by atomic mass is 16.1. The molecule has 3 aromatic rings. The van der Waals surface area contributed by atoms with E-state index in [2.05, 4.69) is 14.9 Å². The fourth-order valence-corrected chi connectivity index (χ4v) is 3.00. The van der Waals surface area contributed by atoms with E-state index in [4.69, 9.17) is 0 Å². The first-order valence-corrected chi connectivity index (χ1v) is 7.11. The van der Waals surface area contributed by atoms with Gasteiger partial charge in [0.2, 0.25) is 0 Å². The van der Waals surface area contributed by atoms with Crippen LogP contribution in [0.3, 0.4) is 0 Å². The van der Waals surface area contributed by atoms with Gasteiger partial charge in [-0.25, -0.2) is 4.98 Å². The first-order valence-electron chi connectivity index (χ1n) is 7.11. The molecule has 1 N–H and O–H groups in total. The maximum Gasteiger partial charge on any atom is 0.253 e. The highest BCUT2D eigenvalue weighted by molar-refractivity contribution is 5.96. The summed E-state index contributed by atoms with van der Waals surface area (Å²) in [7, 11) is 0. The second-order valence-electron chi connectivity index (χ2n) is 5.51. The van der Waals surface area contributed by atoms with Crippen molar-refractivity contribution in [1.29, 1.82) is 0 Å². The molecule has 1 amide bonds. The average Bonchev–Trinajstić information content (AvgIpc) is 3.15. The van der Waals surface area contributed by atoms with Crippen molar-refractivity contribution in [1.82, 2.24) is 19.3 Å². The molecular weight excluding hydrogens is 264 g/mol. The van der Waals surface area contributed by atoms with Gasteiger partial charge in [0, 0.05) is 36.8 Å². The summed E-state index contributed by atoms with van der Waals surface area (Å²) in [4.78, 5) is 16.8. The van der Waals surface area contributed by atoms with E-state index in [0.717, 1.165) is 29.9 Å². The number of fused-ring (bicyclic) bond motifs is 2. The molecule has 3 aromatic heterocycles. The van der Waals surface area contributed by atoms with E-state index in [9.17, 15) is 4.79 Å². The predicted octanol–water partition coefficient (Wildman–Crippen LogP) is 2.32. The zero-order valence-corrected chi connectivity index (χ0v) is 11.8. The number of rotatable bonds is 2. The van der Waals surface area contributed by atoms with Gasteiger partial charge in [-0.1, -0.05) is 6.07 Å². The lowest BCUT2D eigenvalue weighted by Crippen LogP contribution is -2.27. The first-order chi connectivity index (χ1) is 10.2. The summed E-state index contributed by atoms with van der Waals surface area (Å²) in [6.07, 6.45) is 8.48. The van der Waals surface area contributed by atoms with Crippen LogP contribution in [0.4, 0.5) is 0 Å². The standard InChI is InChI=1S/C16H16N4O/c1-11-3-2-6-20-10-12(9-14(11)20)16(21)18-13-4-7-19-8-5-17-15(13)19/h2-3,5-6,8-10,13H,4,7H2,1H3,(H,18,21). The fraction of sp³-hybridized carbons (Fsp3) is 0.250. The van der Waals surface area contributed by atoms with Crippen molar-refractivity contribution in [2.45, 2.75) is 25.9 Å². The number of aromatic nitrogens is 3. The SMILES string of the molecule is Cc1cccn2cc(C(=O)NC3CCn4ccnc43)cc12. The predicted molar refractivity (Wildman–Crippen MR) is 79.2 cm³/mol. The quantitative estimate of drug-likeness (QED) is 0.783. The molecule has 4 heterocycles. The maximum atomic E-state index is 12.5. The van der Waals surface area contributed by atoms with Gasteiger partial charge in [-0.3, -0.25) is 4.79 Å². The molecule has 0 saturated heterocycles. The topological polar surface area (TPSA) is 51.3 Å². The molecule has 0 radical (unpaired) electrons. The van der Waals surface area contributed by atoms with Crippen LogP contribution in [0.25, 0.3) is 5.52 Å². The van der Waals surface area contributed by atoms with Gasteiger partial charge in [-0.15, -0.1) is 0 Å². The van der Waals surface area contributed by atoms with E-state index in [0.29, 0.717) is 5.56 Å². The zero-order valence-electron chi connectivity index (χ0n) is 11.8. The molecule has 0 spiro atoms. The van der Waals surface area contributed by atoms with Crippen LogP contribution in [0.15, 0.2) is 43.0 Å². The number of imidazole rings is 1.